The number of para-hydroxylation sites is 1. The number of sulfonamides is 1. The predicted molar refractivity (Wildman–Crippen MR) is 137 cm³/mol. The van der Waals surface area contributed by atoms with Crippen molar-refractivity contribution in [2.24, 2.45) is 0 Å². The highest BCUT2D eigenvalue weighted by Crippen LogP contribution is 2.29. The number of carbonyl (C=O) groups excluding carboxylic acids is 1. The van der Waals surface area contributed by atoms with Crippen molar-refractivity contribution in [3.8, 4) is 5.75 Å². The molecule has 0 aromatic heterocycles. The molecule has 6 nitrogen and oxygen atoms in total. The summed E-state index contributed by atoms with van der Waals surface area (Å²) in [5.74, 6) is 0.694. The Bertz CT molecular complexity index is 1250. The third kappa shape index (κ3) is 6.17. The molecule has 2 N–H and O–H groups in total. The molecule has 0 saturated heterocycles. The quantitative estimate of drug-likeness (QED) is 0.392. The van der Waals surface area contributed by atoms with E-state index >= 15 is 0 Å². The zero-order valence-electron chi connectivity index (χ0n) is 20.3. The lowest BCUT2D eigenvalue weighted by molar-refractivity contribution is -0.122. The Morgan fingerprint density at radius 2 is 1.56 bits per heavy atom. The Morgan fingerprint density at radius 3 is 2.21 bits per heavy atom. The summed E-state index contributed by atoms with van der Waals surface area (Å²) in [5.41, 5.74) is 4.14. The molecule has 0 spiro atoms. The monoisotopic (exact) mass is 480 g/mol. The normalized spacial score (nSPS) is 13.1. The first-order valence-corrected chi connectivity index (χ1v) is 12.9. The molecule has 2 atom stereocenters. The lowest BCUT2D eigenvalue weighted by atomic mass is 9.98. The first-order chi connectivity index (χ1) is 16.1. The highest BCUT2D eigenvalue weighted by Gasteiger charge is 2.19. The second-order valence-electron chi connectivity index (χ2n) is 8.53. The second kappa shape index (κ2) is 10.7. The van der Waals surface area contributed by atoms with Crippen molar-refractivity contribution in [3.05, 3.63) is 83.4 Å². The molecule has 0 radical (unpaired) electrons. The van der Waals surface area contributed by atoms with Gasteiger partial charge in [0.1, 0.15) is 5.75 Å². The van der Waals surface area contributed by atoms with Crippen molar-refractivity contribution in [2.75, 3.05) is 10.0 Å². The van der Waals surface area contributed by atoms with E-state index in [1.807, 2.05) is 44.2 Å². The highest BCUT2D eigenvalue weighted by molar-refractivity contribution is 7.92. The van der Waals surface area contributed by atoms with Crippen LogP contribution in [0.5, 0.6) is 5.75 Å². The average Bonchev–Trinajstić information content (AvgIpc) is 2.81. The maximum atomic E-state index is 12.7. The van der Waals surface area contributed by atoms with Gasteiger partial charge in [0.15, 0.2) is 6.10 Å². The number of amides is 1. The summed E-state index contributed by atoms with van der Waals surface area (Å²) < 4.78 is 34.0. The van der Waals surface area contributed by atoms with Gasteiger partial charge in [-0.1, -0.05) is 38.1 Å². The van der Waals surface area contributed by atoms with Crippen LogP contribution in [0.4, 0.5) is 11.4 Å². The van der Waals surface area contributed by atoms with E-state index in [-0.39, 0.29) is 10.8 Å². The SMILES string of the molecule is CCC(C)c1ccccc1OC(C)C(=O)Nc1ccc(S(=O)(=O)Nc2ccc(C)c(C)c2)cc1. The third-order valence-corrected chi connectivity index (χ3v) is 7.32. The molecule has 0 aliphatic rings. The summed E-state index contributed by atoms with van der Waals surface area (Å²) in [7, 11) is -3.75. The molecule has 0 saturated carbocycles. The van der Waals surface area contributed by atoms with E-state index in [0.717, 1.165) is 23.1 Å². The van der Waals surface area contributed by atoms with E-state index in [1.54, 1.807) is 31.2 Å². The van der Waals surface area contributed by atoms with Gasteiger partial charge in [-0.05, 0) is 92.3 Å². The third-order valence-electron chi connectivity index (χ3n) is 5.93. The summed E-state index contributed by atoms with van der Waals surface area (Å²) >= 11 is 0. The largest absolute Gasteiger partial charge is 0.481 e. The molecule has 3 aromatic carbocycles. The summed E-state index contributed by atoms with van der Waals surface area (Å²) in [5, 5.41) is 2.79. The van der Waals surface area contributed by atoms with Crippen LogP contribution in [0.2, 0.25) is 0 Å². The lowest BCUT2D eigenvalue weighted by Crippen LogP contribution is -2.30. The maximum Gasteiger partial charge on any atom is 0.265 e. The molecule has 0 heterocycles. The van der Waals surface area contributed by atoms with Crippen LogP contribution in [0, 0.1) is 13.8 Å². The number of hydrogen-bond acceptors (Lipinski definition) is 4. The van der Waals surface area contributed by atoms with Gasteiger partial charge in [0.2, 0.25) is 0 Å². The Morgan fingerprint density at radius 1 is 0.912 bits per heavy atom. The zero-order valence-corrected chi connectivity index (χ0v) is 21.1. The zero-order chi connectivity index (χ0) is 24.9. The Labute approximate surface area is 202 Å². The number of hydrogen-bond donors (Lipinski definition) is 2. The van der Waals surface area contributed by atoms with Crippen LogP contribution >= 0.6 is 0 Å². The van der Waals surface area contributed by atoms with E-state index in [2.05, 4.69) is 23.9 Å². The van der Waals surface area contributed by atoms with Crippen molar-refractivity contribution >= 4 is 27.3 Å². The maximum absolute atomic E-state index is 12.7. The van der Waals surface area contributed by atoms with Crippen molar-refractivity contribution in [3.63, 3.8) is 0 Å². The molecular weight excluding hydrogens is 448 g/mol. The van der Waals surface area contributed by atoms with Crippen LogP contribution in [-0.4, -0.2) is 20.4 Å². The number of benzene rings is 3. The summed E-state index contributed by atoms with van der Waals surface area (Å²) in [4.78, 5) is 12.8. The molecular formula is C27H32N2O4S. The van der Waals surface area contributed by atoms with Crippen LogP contribution in [0.1, 0.15) is 49.8 Å². The fourth-order valence-corrected chi connectivity index (χ4v) is 4.49. The van der Waals surface area contributed by atoms with Crippen molar-refractivity contribution < 1.29 is 17.9 Å². The minimum absolute atomic E-state index is 0.107. The van der Waals surface area contributed by atoms with Crippen LogP contribution in [-0.2, 0) is 14.8 Å². The van der Waals surface area contributed by atoms with Gasteiger partial charge in [-0.2, -0.15) is 0 Å². The van der Waals surface area contributed by atoms with Gasteiger partial charge >= 0.3 is 0 Å². The van der Waals surface area contributed by atoms with Gasteiger partial charge in [-0.25, -0.2) is 8.42 Å². The number of nitrogens with one attached hydrogen (secondary N) is 2. The van der Waals surface area contributed by atoms with Gasteiger partial charge < -0.3 is 10.1 Å². The molecule has 0 bridgehead atoms. The number of aryl methyl sites for hydroxylation is 2. The molecule has 180 valence electrons. The molecule has 0 aliphatic carbocycles. The summed E-state index contributed by atoms with van der Waals surface area (Å²) in [6.45, 7) is 9.82. The molecule has 34 heavy (non-hydrogen) atoms. The van der Waals surface area contributed by atoms with Gasteiger partial charge in [-0.15, -0.1) is 0 Å². The minimum Gasteiger partial charge on any atom is -0.481 e. The fourth-order valence-electron chi connectivity index (χ4n) is 3.44. The number of carbonyl (C=O) groups is 1. The van der Waals surface area contributed by atoms with Crippen molar-refractivity contribution in [1.82, 2.24) is 0 Å². The van der Waals surface area contributed by atoms with Crippen molar-refractivity contribution in [1.29, 1.82) is 0 Å². The van der Waals surface area contributed by atoms with E-state index in [1.165, 1.54) is 12.1 Å². The summed E-state index contributed by atoms with van der Waals surface area (Å²) in [6, 6.07) is 19.2. The van der Waals surface area contributed by atoms with E-state index in [4.69, 9.17) is 4.74 Å². The van der Waals surface area contributed by atoms with E-state index in [0.29, 0.717) is 23.0 Å². The Balaban J connectivity index is 1.66. The number of rotatable bonds is 9. The van der Waals surface area contributed by atoms with Gasteiger partial charge in [0.05, 0.1) is 4.90 Å². The van der Waals surface area contributed by atoms with Crippen molar-refractivity contribution in [2.45, 2.75) is 58.0 Å². The molecule has 0 fully saturated rings. The Hall–Kier alpha value is -3.32. The minimum atomic E-state index is -3.75. The predicted octanol–water partition coefficient (Wildman–Crippen LogP) is 6.02. The van der Waals surface area contributed by atoms with E-state index in [9.17, 15) is 13.2 Å². The highest BCUT2D eigenvalue weighted by atomic mass is 32.2. The number of anilines is 2. The average molecular weight is 481 g/mol. The van der Waals surface area contributed by atoms with Crippen LogP contribution in [0.25, 0.3) is 0 Å². The first kappa shape index (κ1) is 25.3. The number of ether oxygens (including phenoxy) is 1. The van der Waals surface area contributed by atoms with Gasteiger partial charge in [-0.3, -0.25) is 9.52 Å². The fraction of sp³-hybridized carbons (Fsp3) is 0.296. The molecule has 0 aliphatic heterocycles. The smallest absolute Gasteiger partial charge is 0.265 e. The Kier molecular flexibility index (Phi) is 7.99. The standard InChI is InChI=1S/C27H32N2O4S/c1-6-18(2)25-9-7-8-10-26(25)33-21(5)27(30)28-22-13-15-24(16-14-22)34(31,32)29-23-12-11-19(3)20(4)17-23/h7-18,21,29H,6H2,1-5H3,(H,28,30). The van der Waals surface area contributed by atoms with E-state index < -0.39 is 16.1 Å². The molecule has 3 aromatic rings. The topological polar surface area (TPSA) is 84.5 Å². The van der Waals surface area contributed by atoms with Gasteiger partial charge in [0, 0.05) is 11.4 Å². The molecule has 7 heteroatoms. The summed E-state index contributed by atoms with van der Waals surface area (Å²) in [6.07, 6.45) is 0.245. The molecule has 2 unspecified atom stereocenters. The molecule has 1 amide bonds. The van der Waals surface area contributed by atoms with Gasteiger partial charge in [0.25, 0.3) is 15.9 Å². The lowest BCUT2D eigenvalue weighted by Gasteiger charge is -2.19. The van der Waals surface area contributed by atoms with Crippen LogP contribution in [0.3, 0.4) is 0 Å². The van der Waals surface area contributed by atoms with Crippen LogP contribution < -0.4 is 14.8 Å². The van der Waals surface area contributed by atoms with Crippen LogP contribution in [0.15, 0.2) is 71.6 Å². The molecule has 3 rings (SSSR count). The second-order valence-corrected chi connectivity index (χ2v) is 10.2. The first-order valence-electron chi connectivity index (χ1n) is 11.4.